The van der Waals surface area contributed by atoms with Crippen molar-refractivity contribution in [3.05, 3.63) is 41.7 Å². The third kappa shape index (κ3) is 4.52. The summed E-state index contributed by atoms with van der Waals surface area (Å²) < 4.78 is 7.22. The Morgan fingerprint density at radius 1 is 1.48 bits per heavy atom. The topological polar surface area (TPSA) is 82.2 Å². The molecule has 6 heteroatoms. The lowest BCUT2D eigenvalue weighted by molar-refractivity contribution is -0.121. The maximum absolute atomic E-state index is 11.7. The Morgan fingerprint density at radius 2 is 2.29 bits per heavy atom. The molecule has 1 heterocycles. The van der Waals surface area contributed by atoms with E-state index in [-0.39, 0.29) is 5.91 Å². The lowest BCUT2D eigenvalue weighted by Crippen LogP contribution is -2.24. The molecule has 0 aliphatic heterocycles. The molecule has 2 aromatic rings. The molecule has 0 spiro atoms. The summed E-state index contributed by atoms with van der Waals surface area (Å²) in [4.78, 5) is 11.7. The SMILES string of the molecule is Cc1nn(C)cc1CNC(=O)CCOc1cccc(N)c1. The highest BCUT2D eigenvalue weighted by molar-refractivity contribution is 5.76. The summed E-state index contributed by atoms with van der Waals surface area (Å²) in [6.45, 7) is 2.72. The third-order valence-electron chi connectivity index (χ3n) is 3.05. The Balaban J connectivity index is 1.71. The quantitative estimate of drug-likeness (QED) is 0.787. The maximum Gasteiger partial charge on any atom is 0.223 e. The van der Waals surface area contributed by atoms with E-state index in [9.17, 15) is 4.79 Å². The number of carbonyl (C=O) groups is 1. The average Bonchev–Trinajstić information content (AvgIpc) is 2.75. The van der Waals surface area contributed by atoms with Crippen LogP contribution in [-0.2, 0) is 18.4 Å². The van der Waals surface area contributed by atoms with E-state index in [0.717, 1.165) is 11.3 Å². The van der Waals surface area contributed by atoms with Gasteiger partial charge in [-0.05, 0) is 19.1 Å². The predicted molar refractivity (Wildman–Crippen MR) is 80.8 cm³/mol. The van der Waals surface area contributed by atoms with Gasteiger partial charge in [-0.3, -0.25) is 9.48 Å². The van der Waals surface area contributed by atoms with Gasteiger partial charge >= 0.3 is 0 Å². The van der Waals surface area contributed by atoms with E-state index in [0.29, 0.717) is 31.0 Å². The van der Waals surface area contributed by atoms with Crippen molar-refractivity contribution in [3.63, 3.8) is 0 Å². The first kappa shape index (κ1) is 14.9. The first-order valence-electron chi connectivity index (χ1n) is 6.79. The molecule has 0 radical (unpaired) electrons. The minimum absolute atomic E-state index is 0.0536. The summed E-state index contributed by atoms with van der Waals surface area (Å²) >= 11 is 0. The van der Waals surface area contributed by atoms with Gasteiger partial charge in [0.2, 0.25) is 5.91 Å². The molecule has 6 nitrogen and oxygen atoms in total. The van der Waals surface area contributed by atoms with Crippen molar-refractivity contribution >= 4 is 11.6 Å². The molecule has 1 aromatic heterocycles. The number of nitrogen functional groups attached to an aromatic ring is 1. The van der Waals surface area contributed by atoms with Gasteiger partial charge in [0.05, 0.1) is 18.7 Å². The Labute approximate surface area is 123 Å². The Hall–Kier alpha value is -2.50. The largest absolute Gasteiger partial charge is 0.493 e. The van der Waals surface area contributed by atoms with E-state index >= 15 is 0 Å². The zero-order valence-corrected chi connectivity index (χ0v) is 12.3. The van der Waals surface area contributed by atoms with E-state index in [1.807, 2.05) is 32.3 Å². The number of nitrogens with two attached hydrogens (primary N) is 1. The second-order valence-corrected chi connectivity index (χ2v) is 4.86. The summed E-state index contributed by atoms with van der Waals surface area (Å²) in [5.41, 5.74) is 8.23. The molecule has 0 fully saturated rings. The van der Waals surface area contributed by atoms with Gasteiger partial charge in [0, 0.05) is 37.1 Å². The molecule has 112 valence electrons. The van der Waals surface area contributed by atoms with Gasteiger partial charge in [0.1, 0.15) is 5.75 Å². The minimum Gasteiger partial charge on any atom is -0.493 e. The van der Waals surface area contributed by atoms with Crippen LogP contribution in [0, 0.1) is 6.92 Å². The number of aryl methyl sites for hydroxylation is 2. The van der Waals surface area contributed by atoms with Crippen LogP contribution in [0.5, 0.6) is 5.75 Å². The van der Waals surface area contributed by atoms with Crippen LogP contribution in [0.25, 0.3) is 0 Å². The molecular formula is C15H20N4O2. The summed E-state index contributed by atoms with van der Waals surface area (Å²) in [5.74, 6) is 0.619. The number of ether oxygens (including phenoxy) is 1. The molecule has 1 aromatic carbocycles. The van der Waals surface area contributed by atoms with Crippen LogP contribution in [0.1, 0.15) is 17.7 Å². The Morgan fingerprint density at radius 3 is 2.95 bits per heavy atom. The maximum atomic E-state index is 11.7. The van der Waals surface area contributed by atoms with E-state index in [2.05, 4.69) is 10.4 Å². The van der Waals surface area contributed by atoms with E-state index < -0.39 is 0 Å². The molecule has 0 aliphatic carbocycles. The van der Waals surface area contributed by atoms with Gasteiger partial charge in [-0.15, -0.1) is 0 Å². The molecular weight excluding hydrogens is 268 g/mol. The lowest BCUT2D eigenvalue weighted by Gasteiger charge is -2.07. The van der Waals surface area contributed by atoms with Crippen LogP contribution in [0.3, 0.4) is 0 Å². The van der Waals surface area contributed by atoms with Crippen LogP contribution in [0.2, 0.25) is 0 Å². The Kier molecular flexibility index (Phi) is 4.81. The fourth-order valence-corrected chi connectivity index (χ4v) is 1.97. The molecule has 0 atom stereocenters. The first-order chi connectivity index (χ1) is 10.0. The predicted octanol–water partition coefficient (Wildman–Crippen LogP) is 1.40. The van der Waals surface area contributed by atoms with Crippen LogP contribution in [0.4, 0.5) is 5.69 Å². The fraction of sp³-hybridized carbons (Fsp3) is 0.333. The smallest absolute Gasteiger partial charge is 0.223 e. The molecule has 1 amide bonds. The fourth-order valence-electron chi connectivity index (χ4n) is 1.97. The lowest BCUT2D eigenvalue weighted by atomic mass is 10.2. The summed E-state index contributed by atoms with van der Waals surface area (Å²) in [6, 6.07) is 7.15. The van der Waals surface area contributed by atoms with Gasteiger partial charge in [0.15, 0.2) is 0 Å². The van der Waals surface area contributed by atoms with Crippen LogP contribution in [-0.4, -0.2) is 22.3 Å². The van der Waals surface area contributed by atoms with Crippen molar-refractivity contribution in [1.82, 2.24) is 15.1 Å². The highest BCUT2D eigenvalue weighted by Crippen LogP contribution is 2.14. The van der Waals surface area contributed by atoms with Gasteiger partial charge in [-0.1, -0.05) is 6.07 Å². The number of amides is 1. The zero-order chi connectivity index (χ0) is 15.2. The number of benzene rings is 1. The first-order valence-corrected chi connectivity index (χ1v) is 6.79. The number of aromatic nitrogens is 2. The molecule has 2 rings (SSSR count). The van der Waals surface area contributed by atoms with Crippen LogP contribution < -0.4 is 15.8 Å². The van der Waals surface area contributed by atoms with E-state index in [1.54, 1.807) is 16.8 Å². The normalized spacial score (nSPS) is 10.4. The highest BCUT2D eigenvalue weighted by Gasteiger charge is 2.06. The number of anilines is 1. The third-order valence-corrected chi connectivity index (χ3v) is 3.05. The second kappa shape index (κ2) is 6.78. The standard InChI is InChI=1S/C15H20N4O2/c1-11-12(10-19(2)18-11)9-17-15(20)6-7-21-14-5-3-4-13(16)8-14/h3-5,8,10H,6-7,9,16H2,1-2H3,(H,17,20). The summed E-state index contributed by atoms with van der Waals surface area (Å²) in [7, 11) is 1.86. The summed E-state index contributed by atoms with van der Waals surface area (Å²) in [5, 5.41) is 7.08. The van der Waals surface area contributed by atoms with Crippen molar-refractivity contribution < 1.29 is 9.53 Å². The van der Waals surface area contributed by atoms with Gasteiger partial charge in [-0.25, -0.2) is 0 Å². The van der Waals surface area contributed by atoms with Gasteiger partial charge in [0.25, 0.3) is 0 Å². The van der Waals surface area contributed by atoms with Crippen LogP contribution in [0.15, 0.2) is 30.5 Å². The van der Waals surface area contributed by atoms with Crippen molar-refractivity contribution in [1.29, 1.82) is 0 Å². The molecule has 0 saturated carbocycles. The number of hydrogen-bond acceptors (Lipinski definition) is 4. The van der Waals surface area contributed by atoms with Gasteiger partial charge in [-0.2, -0.15) is 5.10 Å². The molecule has 3 N–H and O–H groups in total. The second-order valence-electron chi connectivity index (χ2n) is 4.86. The number of nitrogens with zero attached hydrogens (tertiary/aromatic N) is 2. The van der Waals surface area contributed by atoms with Crippen molar-refractivity contribution in [2.75, 3.05) is 12.3 Å². The summed E-state index contributed by atoms with van der Waals surface area (Å²) in [6.07, 6.45) is 2.20. The number of nitrogens with one attached hydrogen (secondary N) is 1. The molecule has 0 saturated heterocycles. The van der Waals surface area contributed by atoms with Gasteiger partial charge < -0.3 is 15.8 Å². The van der Waals surface area contributed by atoms with E-state index in [1.165, 1.54) is 0 Å². The molecule has 0 unspecified atom stereocenters. The van der Waals surface area contributed by atoms with Crippen molar-refractivity contribution in [2.45, 2.75) is 19.9 Å². The zero-order valence-electron chi connectivity index (χ0n) is 12.3. The van der Waals surface area contributed by atoms with Crippen LogP contribution >= 0.6 is 0 Å². The molecule has 0 aliphatic rings. The monoisotopic (exact) mass is 288 g/mol. The van der Waals surface area contributed by atoms with E-state index in [4.69, 9.17) is 10.5 Å². The number of carbonyl (C=O) groups excluding carboxylic acids is 1. The molecule has 0 bridgehead atoms. The number of rotatable bonds is 6. The highest BCUT2D eigenvalue weighted by atomic mass is 16.5. The average molecular weight is 288 g/mol. The molecule has 21 heavy (non-hydrogen) atoms. The minimum atomic E-state index is -0.0536. The van der Waals surface area contributed by atoms with Crippen molar-refractivity contribution in [3.8, 4) is 5.75 Å². The number of hydrogen-bond donors (Lipinski definition) is 2. The Bertz CT molecular complexity index is 622. The van der Waals surface area contributed by atoms with Crippen molar-refractivity contribution in [2.24, 2.45) is 7.05 Å².